The summed E-state index contributed by atoms with van der Waals surface area (Å²) in [5.41, 5.74) is 2.42. The maximum absolute atomic E-state index is 11.9. The third kappa shape index (κ3) is 4.43. The minimum atomic E-state index is -0.811. The number of anilines is 1. The number of para-hydroxylation sites is 1. The lowest BCUT2D eigenvalue weighted by Crippen LogP contribution is -2.22. The summed E-state index contributed by atoms with van der Waals surface area (Å²) < 4.78 is 4.92. The van der Waals surface area contributed by atoms with Crippen molar-refractivity contribution >= 4 is 40.8 Å². The second kappa shape index (κ2) is 7.44. The van der Waals surface area contributed by atoms with Gasteiger partial charge in [0.15, 0.2) is 12.3 Å². The zero-order chi connectivity index (χ0) is 17.0. The average Bonchev–Trinajstić information content (AvgIpc) is 2.51. The Labute approximate surface area is 143 Å². The van der Waals surface area contributed by atoms with Crippen LogP contribution in [0.3, 0.4) is 0 Å². The first kappa shape index (κ1) is 17.2. The molecule has 0 atom stereocenters. The second-order valence-corrected chi connectivity index (χ2v) is 5.65. The van der Waals surface area contributed by atoms with Crippen LogP contribution in [0.2, 0.25) is 10.2 Å². The number of carbonyl (C=O) groups excluding carboxylic acids is 2. The predicted octanol–water partition coefficient (Wildman–Crippen LogP) is 3.80. The number of aromatic nitrogens is 1. The number of hydrogen-bond acceptors (Lipinski definition) is 4. The van der Waals surface area contributed by atoms with Crippen molar-refractivity contribution in [3.63, 3.8) is 0 Å². The highest BCUT2D eigenvalue weighted by molar-refractivity contribution is 6.34. The van der Waals surface area contributed by atoms with E-state index in [2.05, 4.69) is 10.3 Å². The molecule has 2 aromatic rings. The van der Waals surface area contributed by atoms with E-state index in [0.29, 0.717) is 5.69 Å². The Morgan fingerprint density at radius 3 is 2.43 bits per heavy atom. The highest BCUT2D eigenvalue weighted by atomic mass is 35.5. The molecule has 0 radical (unpaired) electrons. The smallest absolute Gasteiger partial charge is 0.359 e. The first-order chi connectivity index (χ1) is 10.9. The number of benzene rings is 1. The zero-order valence-corrected chi connectivity index (χ0v) is 14.0. The number of ether oxygens (including phenoxy) is 1. The normalized spacial score (nSPS) is 10.3. The highest BCUT2D eigenvalue weighted by Crippen LogP contribution is 2.20. The maximum atomic E-state index is 11.9. The van der Waals surface area contributed by atoms with Crippen LogP contribution in [0.4, 0.5) is 5.69 Å². The third-order valence-corrected chi connectivity index (χ3v) is 3.60. The van der Waals surface area contributed by atoms with Crippen molar-refractivity contribution < 1.29 is 14.3 Å². The number of aryl methyl sites for hydroxylation is 2. The lowest BCUT2D eigenvalue weighted by Gasteiger charge is -2.11. The number of hydrogen-bond donors (Lipinski definition) is 1. The first-order valence-electron chi connectivity index (χ1n) is 6.73. The molecule has 7 heteroatoms. The van der Waals surface area contributed by atoms with Gasteiger partial charge in [-0.05, 0) is 37.1 Å². The van der Waals surface area contributed by atoms with E-state index in [-0.39, 0.29) is 15.9 Å². The average molecular weight is 353 g/mol. The molecule has 1 heterocycles. The van der Waals surface area contributed by atoms with Crippen molar-refractivity contribution in [3.05, 3.63) is 57.3 Å². The predicted molar refractivity (Wildman–Crippen MR) is 89.1 cm³/mol. The molecule has 0 saturated carbocycles. The zero-order valence-electron chi connectivity index (χ0n) is 12.5. The Balaban J connectivity index is 1.99. The summed E-state index contributed by atoms with van der Waals surface area (Å²) in [7, 11) is 0. The van der Waals surface area contributed by atoms with Crippen molar-refractivity contribution in [2.24, 2.45) is 0 Å². The van der Waals surface area contributed by atoms with Gasteiger partial charge in [0.1, 0.15) is 5.15 Å². The fourth-order valence-electron chi connectivity index (χ4n) is 1.95. The van der Waals surface area contributed by atoms with E-state index in [0.717, 1.165) is 11.1 Å². The number of carbonyl (C=O) groups is 2. The molecular weight excluding hydrogens is 339 g/mol. The quantitative estimate of drug-likeness (QED) is 0.671. The molecule has 0 unspecified atom stereocenters. The van der Waals surface area contributed by atoms with Gasteiger partial charge in [0, 0.05) is 5.69 Å². The van der Waals surface area contributed by atoms with Crippen LogP contribution in [0, 0.1) is 13.8 Å². The largest absolute Gasteiger partial charge is 0.451 e. The molecule has 23 heavy (non-hydrogen) atoms. The minimum absolute atomic E-state index is 0.106. The van der Waals surface area contributed by atoms with Crippen LogP contribution in [-0.4, -0.2) is 23.5 Å². The van der Waals surface area contributed by atoms with Crippen molar-refractivity contribution in [1.82, 2.24) is 4.98 Å². The maximum Gasteiger partial charge on any atom is 0.359 e. The fraction of sp³-hybridized carbons (Fsp3) is 0.188. The molecule has 2 rings (SSSR count). The highest BCUT2D eigenvalue weighted by Gasteiger charge is 2.16. The number of esters is 1. The standard InChI is InChI=1S/C16H14Cl2N2O3/c1-9-4-3-5-10(2)14(9)20-13(21)8-23-16(22)15-11(17)6-7-12(18)19-15/h3-7H,8H2,1-2H3,(H,20,21). The van der Waals surface area contributed by atoms with E-state index in [4.69, 9.17) is 27.9 Å². The van der Waals surface area contributed by atoms with Crippen LogP contribution in [0.5, 0.6) is 0 Å². The number of nitrogens with one attached hydrogen (secondary N) is 1. The van der Waals surface area contributed by atoms with Crippen LogP contribution in [0.1, 0.15) is 21.6 Å². The molecule has 120 valence electrons. The Hall–Kier alpha value is -2.11. The van der Waals surface area contributed by atoms with Crippen molar-refractivity contribution in [3.8, 4) is 0 Å². The van der Waals surface area contributed by atoms with Gasteiger partial charge in [0.05, 0.1) is 5.02 Å². The van der Waals surface area contributed by atoms with Crippen molar-refractivity contribution in [2.75, 3.05) is 11.9 Å². The van der Waals surface area contributed by atoms with Gasteiger partial charge >= 0.3 is 5.97 Å². The number of rotatable bonds is 4. The molecule has 0 bridgehead atoms. The van der Waals surface area contributed by atoms with Gasteiger partial charge in [0.25, 0.3) is 5.91 Å². The summed E-state index contributed by atoms with van der Waals surface area (Å²) in [5.74, 6) is -1.26. The summed E-state index contributed by atoms with van der Waals surface area (Å²) in [5, 5.41) is 2.93. The van der Waals surface area contributed by atoms with E-state index >= 15 is 0 Å². The van der Waals surface area contributed by atoms with Crippen LogP contribution in [0.25, 0.3) is 0 Å². The summed E-state index contributed by atoms with van der Waals surface area (Å²) in [4.78, 5) is 27.6. The summed E-state index contributed by atoms with van der Waals surface area (Å²) in [6.45, 7) is 3.31. The molecule has 1 amide bonds. The van der Waals surface area contributed by atoms with Crippen LogP contribution in [-0.2, 0) is 9.53 Å². The van der Waals surface area contributed by atoms with Crippen molar-refractivity contribution in [2.45, 2.75) is 13.8 Å². The van der Waals surface area contributed by atoms with E-state index in [1.54, 1.807) is 0 Å². The second-order valence-electron chi connectivity index (χ2n) is 4.86. The van der Waals surface area contributed by atoms with Gasteiger partial charge in [-0.2, -0.15) is 0 Å². The number of halogens is 2. The van der Waals surface area contributed by atoms with E-state index in [1.165, 1.54) is 12.1 Å². The number of pyridine rings is 1. The lowest BCUT2D eigenvalue weighted by atomic mass is 10.1. The Morgan fingerprint density at radius 1 is 1.13 bits per heavy atom. The van der Waals surface area contributed by atoms with Crippen LogP contribution in [0.15, 0.2) is 30.3 Å². The van der Waals surface area contributed by atoms with E-state index in [9.17, 15) is 9.59 Å². The van der Waals surface area contributed by atoms with Gasteiger partial charge in [-0.25, -0.2) is 9.78 Å². The SMILES string of the molecule is Cc1cccc(C)c1NC(=O)COC(=O)c1nc(Cl)ccc1Cl. The minimum Gasteiger partial charge on any atom is -0.451 e. The molecule has 1 aromatic carbocycles. The van der Waals surface area contributed by atoms with E-state index < -0.39 is 18.5 Å². The van der Waals surface area contributed by atoms with Gasteiger partial charge in [-0.15, -0.1) is 0 Å². The topological polar surface area (TPSA) is 68.3 Å². The Kier molecular flexibility index (Phi) is 5.58. The molecule has 5 nitrogen and oxygen atoms in total. The molecule has 0 aliphatic heterocycles. The molecule has 1 N–H and O–H groups in total. The van der Waals surface area contributed by atoms with Crippen LogP contribution >= 0.6 is 23.2 Å². The Morgan fingerprint density at radius 2 is 1.78 bits per heavy atom. The monoisotopic (exact) mass is 352 g/mol. The van der Waals surface area contributed by atoms with Crippen molar-refractivity contribution in [1.29, 1.82) is 0 Å². The van der Waals surface area contributed by atoms with Crippen LogP contribution < -0.4 is 5.32 Å². The molecule has 0 saturated heterocycles. The Bertz CT molecular complexity index is 743. The summed E-state index contributed by atoms with van der Waals surface area (Å²) in [6.07, 6.45) is 0. The molecule has 1 aromatic heterocycles. The molecule has 0 spiro atoms. The molecule has 0 fully saturated rings. The van der Waals surface area contributed by atoms with E-state index in [1.807, 2.05) is 32.0 Å². The summed E-state index contributed by atoms with van der Waals surface area (Å²) in [6, 6.07) is 8.54. The fourth-order valence-corrected chi connectivity index (χ4v) is 2.28. The van der Waals surface area contributed by atoms with Gasteiger partial charge in [-0.3, -0.25) is 4.79 Å². The molecule has 0 aliphatic rings. The summed E-state index contributed by atoms with van der Waals surface area (Å²) >= 11 is 11.6. The van der Waals surface area contributed by atoms with Gasteiger partial charge in [-0.1, -0.05) is 41.4 Å². The third-order valence-electron chi connectivity index (χ3n) is 3.09. The molecular formula is C16H14Cl2N2O3. The number of nitrogens with zero attached hydrogens (tertiary/aromatic N) is 1. The number of amides is 1. The molecule has 0 aliphatic carbocycles. The lowest BCUT2D eigenvalue weighted by molar-refractivity contribution is -0.119. The van der Waals surface area contributed by atoms with Gasteiger partial charge < -0.3 is 10.1 Å². The first-order valence-corrected chi connectivity index (χ1v) is 7.49. The van der Waals surface area contributed by atoms with Gasteiger partial charge in [0.2, 0.25) is 0 Å².